The number of fused-ring (bicyclic) bond motifs is 3. The molecule has 3 aliphatic heterocycles. The van der Waals surface area contributed by atoms with E-state index in [9.17, 15) is 13.6 Å². The molecule has 2 saturated heterocycles. The molecule has 0 spiro atoms. The van der Waals surface area contributed by atoms with Crippen molar-refractivity contribution in [1.29, 1.82) is 0 Å². The predicted molar refractivity (Wildman–Crippen MR) is 127 cm³/mol. The number of benzene rings is 2. The molecule has 2 atom stereocenters. The normalized spacial score (nSPS) is 23.0. The van der Waals surface area contributed by atoms with Crippen molar-refractivity contribution in [2.45, 2.75) is 56.9 Å². The highest BCUT2D eigenvalue weighted by Gasteiger charge is 2.42. The van der Waals surface area contributed by atoms with E-state index < -0.39 is 0 Å². The van der Waals surface area contributed by atoms with Crippen LogP contribution in [0.4, 0.5) is 20.2 Å². The summed E-state index contributed by atoms with van der Waals surface area (Å²) in [5.41, 5.74) is 3.08. The van der Waals surface area contributed by atoms with E-state index in [-0.39, 0.29) is 23.6 Å². The summed E-state index contributed by atoms with van der Waals surface area (Å²) in [6.07, 6.45) is 7.21. The number of amides is 1. The van der Waals surface area contributed by atoms with Gasteiger partial charge in [0.05, 0.1) is 0 Å². The summed E-state index contributed by atoms with van der Waals surface area (Å²) in [5.74, 6) is 0.132. The number of nitrogens with zero attached hydrogens (tertiary/aromatic N) is 3. The SMILES string of the molecule is O=C1CCCCN1CCCCCN1CC[C@@H]2[C@@H](C1)c1cc(F)ccc1N2c1ccc(F)cc1. The molecule has 0 radical (unpaired) electrons. The maximum absolute atomic E-state index is 14.2. The molecule has 33 heavy (non-hydrogen) atoms. The zero-order valence-corrected chi connectivity index (χ0v) is 19.2. The van der Waals surface area contributed by atoms with E-state index in [1.54, 1.807) is 6.07 Å². The third-order valence-electron chi connectivity index (χ3n) is 7.57. The first kappa shape index (κ1) is 22.3. The number of carbonyl (C=O) groups is 1. The van der Waals surface area contributed by atoms with Crippen LogP contribution in [0.3, 0.4) is 0 Å². The van der Waals surface area contributed by atoms with Crippen LogP contribution in [0, 0.1) is 11.6 Å². The van der Waals surface area contributed by atoms with Gasteiger partial charge in [-0.3, -0.25) is 4.79 Å². The maximum Gasteiger partial charge on any atom is 0.222 e. The molecule has 176 valence electrons. The van der Waals surface area contributed by atoms with Crippen LogP contribution in [0.1, 0.15) is 56.4 Å². The second-order valence-electron chi connectivity index (χ2n) is 9.71. The van der Waals surface area contributed by atoms with Crippen molar-refractivity contribution in [2.75, 3.05) is 37.6 Å². The lowest BCUT2D eigenvalue weighted by molar-refractivity contribution is -0.133. The van der Waals surface area contributed by atoms with Crippen LogP contribution < -0.4 is 4.90 Å². The molecule has 0 aliphatic carbocycles. The Labute approximate surface area is 195 Å². The van der Waals surface area contributed by atoms with Gasteiger partial charge in [-0.25, -0.2) is 8.78 Å². The molecule has 2 aromatic carbocycles. The van der Waals surface area contributed by atoms with Crippen molar-refractivity contribution < 1.29 is 13.6 Å². The van der Waals surface area contributed by atoms with Crippen molar-refractivity contribution in [3.63, 3.8) is 0 Å². The van der Waals surface area contributed by atoms with Gasteiger partial charge in [0.2, 0.25) is 5.91 Å². The minimum absolute atomic E-state index is 0.196. The van der Waals surface area contributed by atoms with Crippen LogP contribution >= 0.6 is 0 Å². The second-order valence-corrected chi connectivity index (χ2v) is 9.71. The summed E-state index contributed by atoms with van der Waals surface area (Å²) in [4.78, 5) is 18.8. The standard InChI is InChI=1S/C27H33F2N3O/c28-20-7-10-22(11-8-20)32-25-12-9-21(29)18-23(25)24-19-30(17-13-26(24)32)14-3-1-4-15-31-16-5-2-6-27(31)33/h7-12,18,24,26H,1-6,13-17,19H2/t24-,26+/m0/s1. The molecule has 0 bridgehead atoms. The summed E-state index contributed by atoms with van der Waals surface area (Å²) in [5, 5.41) is 0. The maximum atomic E-state index is 14.2. The monoisotopic (exact) mass is 453 g/mol. The summed E-state index contributed by atoms with van der Waals surface area (Å²) in [7, 11) is 0. The molecule has 0 unspecified atom stereocenters. The highest BCUT2D eigenvalue weighted by Crippen LogP contribution is 2.48. The fraction of sp³-hybridized carbons (Fsp3) is 0.519. The van der Waals surface area contributed by atoms with Gasteiger partial charge in [-0.05, 0) is 86.7 Å². The van der Waals surface area contributed by atoms with Crippen molar-refractivity contribution in [3.8, 4) is 0 Å². The van der Waals surface area contributed by atoms with Gasteiger partial charge in [-0.15, -0.1) is 0 Å². The molecule has 3 aliphatic rings. The fourth-order valence-electron chi connectivity index (χ4n) is 5.89. The van der Waals surface area contributed by atoms with Gasteiger partial charge in [-0.1, -0.05) is 6.42 Å². The smallest absolute Gasteiger partial charge is 0.222 e. The molecule has 2 fully saturated rings. The highest BCUT2D eigenvalue weighted by atomic mass is 19.1. The van der Waals surface area contributed by atoms with E-state index in [2.05, 4.69) is 9.80 Å². The minimum Gasteiger partial charge on any atom is -0.343 e. The molecule has 0 aromatic heterocycles. The molecule has 0 saturated carbocycles. The zero-order chi connectivity index (χ0) is 22.8. The lowest BCUT2D eigenvalue weighted by atomic mass is 9.89. The van der Waals surface area contributed by atoms with Crippen molar-refractivity contribution in [2.24, 2.45) is 0 Å². The Bertz CT molecular complexity index is 980. The number of anilines is 2. The second kappa shape index (κ2) is 9.80. The number of likely N-dealkylation sites (tertiary alicyclic amines) is 2. The molecule has 3 heterocycles. The predicted octanol–water partition coefficient (Wildman–Crippen LogP) is 5.46. The van der Waals surface area contributed by atoms with E-state index in [4.69, 9.17) is 0 Å². The molecule has 2 aromatic rings. The van der Waals surface area contributed by atoms with Gasteiger partial charge >= 0.3 is 0 Å². The lowest BCUT2D eigenvalue weighted by Crippen LogP contribution is -2.45. The van der Waals surface area contributed by atoms with Gasteiger partial charge in [0.1, 0.15) is 11.6 Å². The summed E-state index contributed by atoms with van der Waals surface area (Å²) in [6.45, 7) is 4.79. The van der Waals surface area contributed by atoms with Crippen LogP contribution in [0.25, 0.3) is 0 Å². The Morgan fingerprint density at radius 3 is 2.48 bits per heavy atom. The number of hydrogen-bond donors (Lipinski definition) is 0. The van der Waals surface area contributed by atoms with Gasteiger partial charge in [0.15, 0.2) is 0 Å². The highest BCUT2D eigenvalue weighted by molar-refractivity contribution is 5.76. The Kier molecular flexibility index (Phi) is 6.63. The van der Waals surface area contributed by atoms with E-state index in [0.29, 0.717) is 12.3 Å². The lowest BCUT2D eigenvalue weighted by Gasteiger charge is -2.39. The van der Waals surface area contributed by atoms with E-state index in [1.165, 1.54) is 18.2 Å². The molecule has 5 rings (SSSR count). The van der Waals surface area contributed by atoms with Crippen molar-refractivity contribution in [1.82, 2.24) is 9.80 Å². The van der Waals surface area contributed by atoms with Gasteiger partial charge in [0.25, 0.3) is 0 Å². The first-order valence-corrected chi connectivity index (χ1v) is 12.4. The first-order chi connectivity index (χ1) is 16.1. The van der Waals surface area contributed by atoms with Crippen LogP contribution in [0.2, 0.25) is 0 Å². The van der Waals surface area contributed by atoms with Crippen LogP contribution in [-0.4, -0.2) is 54.5 Å². The largest absolute Gasteiger partial charge is 0.343 e. The quantitative estimate of drug-likeness (QED) is 0.521. The summed E-state index contributed by atoms with van der Waals surface area (Å²) < 4.78 is 27.7. The van der Waals surface area contributed by atoms with Crippen LogP contribution in [-0.2, 0) is 4.79 Å². The minimum atomic E-state index is -0.242. The summed E-state index contributed by atoms with van der Waals surface area (Å²) >= 11 is 0. The molecular weight excluding hydrogens is 420 g/mol. The Morgan fingerprint density at radius 2 is 1.67 bits per heavy atom. The zero-order valence-electron chi connectivity index (χ0n) is 19.2. The van der Waals surface area contributed by atoms with Crippen LogP contribution in [0.15, 0.2) is 42.5 Å². The third-order valence-corrected chi connectivity index (χ3v) is 7.57. The topological polar surface area (TPSA) is 26.8 Å². The van der Waals surface area contributed by atoms with Crippen molar-refractivity contribution in [3.05, 3.63) is 59.7 Å². The average molecular weight is 454 g/mol. The van der Waals surface area contributed by atoms with E-state index >= 15 is 0 Å². The molecule has 0 N–H and O–H groups in total. The fourth-order valence-corrected chi connectivity index (χ4v) is 5.89. The molecular formula is C27H33F2N3O. The average Bonchev–Trinajstić information content (AvgIpc) is 3.13. The van der Waals surface area contributed by atoms with Crippen LogP contribution in [0.5, 0.6) is 0 Å². The number of halogens is 2. The third kappa shape index (κ3) is 4.77. The number of unbranched alkanes of at least 4 members (excludes halogenated alkanes) is 2. The van der Waals surface area contributed by atoms with E-state index in [0.717, 1.165) is 88.2 Å². The van der Waals surface area contributed by atoms with Gasteiger partial charge in [-0.2, -0.15) is 0 Å². The molecule has 4 nitrogen and oxygen atoms in total. The number of hydrogen-bond acceptors (Lipinski definition) is 3. The Balaban J connectivity index is 1.19. The number of piperidine rings is 2. The van der Waals surface area contributed by atoms with Gasteiger partial charge < -0.3 is 14.7 Å². The Hall–Kier alpha value is -2.47. The molecule has 6 heteroatoms. The van der Waals surface area contributed by atoms with E-state index in [1.807, 2.05) is 23.1 Å². The number of rotatable bonds is 7. The van der Waals surface area contributed by atoms with Crippen molar-refractivity contribution >= 4 is 17.3 Å². The number of carbonyl (C=O) groups excluding carboxylic acids is 1. The molecule has 1 amide bonds. The summed E-state index contributed by atoms with van der Waals surface area (Å²) in [6, 6.07) is 12.0. The first-order valence-electron chi connectivity index (χ1n) is 12.4. The van der Waals surface area contributed by atoms with Gasteiger partial charge in [0, 0.05) is 55.9 Å². The Morgan fingerprint density at radius 1 is 0.879 bits per heavy atom.